The number of nitrogens with zero attached hydrogens (tertiary/aromatic N) is 4. The Hall–Kier alpha value is -2.28. The zero-order valence-corrected chi connectivity index (χ0v) is 11.3. The summed E-state index contributed by atoms with van der Waals surface area (Å²) in [4.78, 5) is 25.6. The van der Waals surface area contributed by atoms with Gasteiger partial charge < -0.3 is 5.73 Å². The van der Waals surface area contributed by atoms with E-state index in [2.05, 4.69) is 15.0 Å². The lowest BCUT2D eigenvalue weighted by molar-refractivity contribution is 0.726. The van der Waals surface area contributed by atoms with Crippen molar-refractivity contribution in [2.24, 2.45) is 0 Å². The van der Waals surface area contributed by atoms with Crippen molar-refractivity contribution in [3.05, 3.63) is 34.2 Å². The summed E-state index contributed by atoms with van der Waals surface area (Å²) in [5.74, 6) is 0. The molecule has 0 aliphatic heterocycles. The first-order chi connectivity index (χ1) is 9.75. The third kappa shape index (κ3) is 1.63. The van der Waals surface area contributed by atoms with Crippen LogP contribution in [0.2, 0.25) is 0 Å². The molecule has 0 aromatic carbocycles. The minimum Gasteiger partial charge on any atom is -0.397 e. The Kier molecular flexibility index (Phi) is 2.37. The Morgan fingerprint density at radius 2 is 2.15 bits per heavy atom. The number of hydrogen-bond donors (Lipinski definition) is 1. The molecule has 1 aliphatic carbocycles. The summed E-state index contributed by atoms with van der Waals surface area (Å²) in [6, 6.07) is 1.91. The first-order valence-electron chi connectivity index (χ1n) is 6.32. The van der Waals surface area contributed by atoms with Crippen molar-refractivity contribution in [1.29, 1.82) is 0 Å². The smallest absolute Gasteiger partial charge is 0.281 e. The predicted octanol–water partition coefficient (Wildman–Crippen LogP) is 1.83. The maximum Gasteiger partial charge on any atom is 0.281 e. The molecule has 7 heteroatoms. The van der Waals surface area contributed by atoms with E-state index < -0.39 is 0 Å². The van der Waals surface area contributed by atoms with Gasteiger partial charge >= 0.3 is 0 Å². The summed E-state index contributed by atoms with van der Waals surface area (Å²) in [6.07, 6.45) is 5.26. The molecule has 6 nitrogen and oxygen atoms in total. The molecule has 3 aromatic heterocycles. The van der Waals surface area contributed by atoms with E-state index in [1.54, 1.807) is 23.0 Å². The number of fused-ring (bicyclic) bond motifs is 1. The summed E-state index contributed by atoms with van der Waals surface area (Å²) in [6.45, 7) is 0. The SMILES string of the molecule is Nc1ccnc2c1nc(-c1nccs1)c(=O)n2C1CC1. The lowest BCUT2D eigenvalue weighted by Crippen LogP contribution is -2.24. The van der Waals surface area contributed by atoms with E-state index in [4.69, 9.17) is 5.73 Å². The normalized spacial score (nSPS) is 14.8. The van der Waals surface area contributed by atoms with Crippen LogP contribution in [0.5, 0.6) is 0 Å². The molecule has 3 aromatic rings. The van der Waals surface area contributed by atoms with E-state index in [9.17, 15) is 4.79 Å². The van der Waals surface area contributed by atoms with Crippen molar-refractivity contribution in [2.45, 2.75) is 18.9 Å². The minimum absolute atomic E-state index is 0.131. The van der Waals surface area contributed by atoms with Crippen LogP contribution in [0.25, 0.3) is 21.9 Å². The molecule has 0 spiro atoms. The first-order valence-corrected chi connectivity index (χ1v) is 7.20. The highest BCUT2D eigenvalue weighted by molar-refractivity contribution is 7.13. The number of nitrogens with two attached hydrogens (primary N) is 1. The average molecular weight is 285 g/mol. The van der Waals surface area contributed by atoms with E-state index >= 15 is 0 Å². The zero-order valence-electron chi connectivity index (χ0n) is 10.5. The molecular weight excluding hydrogens is 274 g/mol. The Bertz CT molecular complexity index is 851. The summed E-state index contributed by atoms with van der Waals surface area (Å²) in [5, 5.41) is 2.45. The van der Waals surface area contributed by atoms with Crippen molar-refractivity contribution in [1.82, 2.24) is 19.5 Å². The van der Waals surface area contributed by atoms with Crippen molar-refractivity contribution in [2.75, 3.05) is 5.73 Å². The van der Waals surface area contributed by atoms with Crippen molar-refractivity contribution in [3.8, 4) is 10.7 Å². The van der Waals surface area contributed by atoms with Crippen molar-refractivity contribution in [3.63, 3.8) is 0 Å². The monoisotopic (exact) mass is 285 g/mol. The van der Waals surface area contributed by atoms with Gasteiger partial charge in [-0.3, -0.25) is 9.36 Å². The van der Waals surface area contributed by atoms with Crippen LogP contribution in [-0.2, 0) is 0 Å². The summed E-state index contributed by atoms with van der Waals surface area (Å²) >= 11 is 1.40. The third-order valence-electron chi connectivity index (χ3n) is 3.36. The highest BCUT2D eigenvalue weighted by Crippen LogP contribution is 2.36. The van der Waals surface area contributed by atoms with Crippen LogP contribution in [0.3, 0.4) is 0 Å². The van der Waals surface area contributed by atoms with Crippen LogP contribution in [0.1, 0.15) is 18.9 Å². The van der Waals surface area contributed by atoms with Crippen LogP contribution >= 0.6 is 11.3 Å². The zero-order chi connectivity index (χ0) is 13.7. The van der Waals surface area contributed by atoms with Crippen LogP contribution in [0.4, 0.5) is 5.69 Å². The Balaban J connectivity index is 2.14. The Morgan fingerprint density at radius 1 is 1.30 bits per heavy atom. The molecule has 0 unspecified atom stereocenters. The van der Waals surface area contributed by atoms with Crippen molar-refractivity contribution >= 4 is 28.2 Å². The summed E-state index contributed by atoms with van der Waals surface area (Å²) in [7, 11) is 0. The van der Waals surface area contributed by atoms with Gasteiger partial charge in [-0.2, -0.15) is 0 Å². The summed E-state index contributed by atoms with van der Waals surface area (Å²) < 4.78 is 1.72. The quantitative estimate of drug-likeness (QED) is 0.776. The fourth-order valence-electron chi connectivity index (χ4n) is 2.27. The van der Waals surface area contributed by atoms with Crippen LogP contribution in [0, 0.1) is 0 Å². The van der Waals surface area contributed by atoms with Gasteiger partial charge in [0.05, 0.1) is 5.69 Å². The number of aromatic nitrogens is 4. The lowest BCUT2D eigenvalue weighted by Gasteiger charge is -2.10. The maximum absolute atomic E-state index is 12.7. The molecule has 1 fully saturated rings. The molecule has 0 bridgehead atoms. The number of thiazole rings is 1. The second-order valence-electron chi connectivity index (χ2n) is 4.78. The molecule has 2 N–H and O–H groups in total. The van der Waals surface area contributed by atoms with Gasteiger partial charge in [-0.05, 0) is 18.9 Å². The number of nitrogen functional groups attached to an aromatic ring is 1. The Labute approximate surface area is 117 Å². The van der Waals surface area contributed by atoms with Gasteiger partial charge in [0.25, 0.3) is 5.56 Å². The largest absolute Gasteiger partial charge is 0.397 e. The van der Waals surface area contributed by atoms with Gasteiger partial charge in [0.1, 0.15) is 10.5 Å². The molecule has 20 heavy (non-hydrogen) atoms. The van der Waals surface area contributed by atoms with Gasteiger partial charge in [0.2, 0.25) is 0 Å². The van der Waals surface area contributed by atoms with E-state index in [-0.39, 0.29) is 11.6 Å². The van der Waals surface area contributed by atoms with Crippen LogP contribution < -0.4 is 11.3 Å². The predicted molar refractivity (Wildman–Crippen MR) is 77.6 cm³/mol. The molecule has 4 rings (SSSR count). The van der Waals surface area contributed by atoms with Crippen LogP contribution in [-0.4, -0.2) is 19.5 Å². The third-order valence-corrected chi connectivity index (χ3v) is 4.14. The molecule has 0 saturated heterocycles. The topological polar surface area (TPSA) is 86.7 Å². The molecule has 0 amide bonds. The van der Waals surface area contributed by atoms with E-state index in [0.717, 1.165) is 12.8 Å². The maximum atomic E-state index is 12.7. The molecular formula is C13H11N5OS. The Morgan fingerprint density at radius 3 is 2.85 bits per heavy atom. The van der Waals surface area contributed by atoms with Crippen LogP contribution in [0.15, 0.2) is 28.6 Å². The van der Waals surface area contributed by atoms with Gasteiger partial charge in [-0.1, -0.05) is 0 Å². The summed E-state index contributed by atoms with van der Waals surface area (Å²) in [5.41, 5.74) is 7.88. The standard InChI is InChI=1S/C13H11N5OS/c14-8-3-4-15-11-9(8)17-10(12-16-5-6-20-12)13(19)18(11)7-1-2-7/h3-7H,1-2H2,(H2,14,15). The fraction of sp³-hybridized carbons (Fsp3) is 0.231. The number of hydrogen-bond acceptors (Lipinski definition) is 6. The number of pyridine rings is 1. The van der Waals surface area contributed by atoms with E-state index in [1.807, 2.05) is 5.38 Å². The van der Waals surface area contributed by atoms with Gasteiger partial charge in [-0.15, -0.1) is 11.3 Å². The van der Waals surface area contributed by atoms with Gasteiger partial charge in [-0.25, -0.2) is 15.0 Å². The second kappa shape index (κ2) is 4.11. The highest BCUT2D eigenvalue weighted by atomic mass is 32.1. The van der Waals surface area contributed by atoms with Crippen molar-refractivity contribution < 1.29 is 0 Å². The molecule has 1 aliphatic rings. The minimum atomic E-state index is -0.131. The van der Waals surface area contributed by atoms with E-state index in [0.29, 0.717) is 27.6 Å². The number of rotatable bonds is 2. The number of anilines is 1. The second-order valence-corrected chi connectivity index (χ2v) is 5.67. The van der Waals surface area contributed by atoms with E-state index in [1.165, 1.54) is 11.3 Å². The van der Waals surface area contributed by atoms with Gasteiger partial charge in [0.15, 0.2) is 11.3 Å². The molecule has 0 radical (unpaired) electrons. The molecule has 1 saturated carbocycles. The average Bonchev–Trinajstić information content (AvgIpc) is 3.13. The molecule has 100 valence electrons. The molecule has 0 atom stereocenters. The fourth-order valence-corrected chi connectivity index (χ4v) is 2.89. The molecule has 3 heterocycles. The highest BCUT2D eigenvalue weighted by Gasteiger charge is 2.29. The first kappa shape index (κ1) is 11.5. The lowest BCUT2D eigenvalue weighted by atomic mass is 10.3. The van der Waals surface area contributed by atoms with Gasteiger partial charge in [0, 0.05) is 23.8 Å².